The maximum atomic E-state index is 11.6. The number of rotatable bonds is 8. The average molecular weight is 434 g/mol. The highest BCUT2D eigenvalue weighted by molar-refractivity contribution is 5.96. The first-order valence-electron chi connectivity index (χ1n) is 9.21. The fourth-order valence-electron chi connectivity index (χ4n) is 2.29. The molecule has 6 N–H and O–H groups in total. The van der Waals surface area contributed by atoms with Crippen LogP contribution in [0.5, 0.6) is 5.75 Å². The van der Waals surface area contributed by atoms with Crippen molar-refractivity contribution >= 4 is 17.8 Å². The van der Waals surface area contributed by atoms with Crippen molar-refractivity contribution in [3.63, 3.8) is 0 Å². The molecule has 0 heterocycles. The van der Waals surface area contributed by atoms with E-state index < -0.39 is 30.1 Å². The number of aliphatic hydroxyl groups is 1. The number of carbonyl (C=O) groups is 3. The van der Waals surface area contributed by atoms with E-state index in [4.69, 9.17) is 15.9 Å². The second-order valence-electron chi connectivity index (χ2n) is 6.42. The number of phenolic OH excluding ortho intramolecular Hbond substituents is 1. The van der Waals surface area contributed by atoms with Crippen LogP contribution in [0.15, 0.2) is 54.6 Å². The molecule has 2 rings (SSSR count). The van der Waals surface area contributed by atoms with Gasteiger partial charge in [-0.3, -0.25) is 14.5 Å². The zero-order valence-corrected chi connectivity index (χ0v) is 17.1. The summed E-state index contributed by atoms with van der Waals surface area (Å²) in [6.45, 7) is 1.52. The molecule has 0 aliphatic carbocycles. The minimum atomic E-state index is -1.16. The summed E-state index contributed by atoms with van der Waals surface area (Å²) in [7, 11) is 1.23. The van der Waals surface area contributed by atoms with Gasteiger partial charge >= 0.3 is 11.9 Å². The van der Waals surface area contributed by atoms with E-state index in [1.54, 1.807) is 42.5 Å². The number of nitrogens with one attached hydrogen (secondary N) is 1. The predicted molar refractivity (Wildman–Crippen MR) is 110 cm³/mol. The molecule has 0 aliphatic rings. The first-order chi connectivity index (χ1) is 14.6. The lowest BCUT2D eigenvalue weighted by Crippen LogP contribution is -2.39. The summed E-state index contributed by atoms with van der Waals surface area (Å²) in [6.07, 6.45) is -1.07. The van der Waals surface area contributed by atoms with Gasteiger partial charge in [-0.15, -0.1) is 0 Å². The smallest absolute Gasteiger partial charge is 0.364 e. The maximum Gasteiger partial charge on any atom is 0.364 e. The first-order valence-corrected chi connectivity index (χ1v) is 9.21. The number of phenols is 1. The van der Waals surface area contributed by atoms with Gasteiger partial charge in [-0.2, -0.15) is 4.89 Å². The van der Waals surface area contributed by atoms with Crippen molar-refractivity contribution in [3.05, 3.63) is 65.7 Å². The molecule has 0 radical (unpaired) electrons. The Kier molecular flexibility index (Phi) is 10.7. The Bertz CT molecular complexity index is 859. The second-order valence-corrected chi connectivity index (χ2v) is 6.42. The Hall–Kier alpha value is -3.47. The van der Waals surface area contributed by atoms with Crippen LogP contribution in [0.1, 0.15) is 35.4 Å². The molecule has 168 valence electrons. The van der Waals surface area contributed by atoms with Gasteiger partial charge in [0.1, 0.15) is 17.8 Å². The van der Waals surface area contributed by atoms with Gasteiger partial charge in [0.05, 0.1) is 13.2 Å². The Morgan fingerprint density at radius 1 is 1.10 bits per heavy atom. The van der Waals surface area contributed by atoms with Crippen LogP contribution < -0.4 is 11.1 Å². The van der Waals surface area contributed by atoms with Crippen molar-refractivity contribution in [2.24, 2.45) is 5.73 Å². The number of benzene rings is 2. The highest BCUT2D eigenvalue weighted by atomic mass is 17.2. The van der Waals surface area contributed by atoms with Crippen LogP contribution in [0, 0.1) is 0 Å². The molecule has 2 aromatic carbocycles. The molecule has 0 saturated carbocycles. The molecule has 0 spiro atoms. The number of aliphatic hydroxyl groups excluding tert-OH is 1. The van der Waals surface area contributed by atoms with E-state index in [9.17, 15) is 19.5 Å². The van der Waals surface area contributed by atoms with Gasteiger partial charge in [-0.1, -0.05) is 30.3 Å². The Morgan fingerprint density at radius 3 is 2.29 bits per heavy atom. The molecule has 0 aliphatic heterocycles. The molecule has 2 unspecified atom stereocenters. The van der Waals surface area contributed by atoms with Crippen LogP contribution in [0.25, 0.3) is 0 Å². The summed E-state index contributed by atoms with van der Waals surface area (Å²) in [4.78, 5) is 41.7. The van der Waals surface area contributed by atoms with Gasteiger partial charge < -0.3 is 26.4 Å². The maximum absolute atomic E-state index is 11.6. The standard InChI is InChI=1S/C11H13NO4.C10H13NO4/c1-8(11(14)16-15-2)12-10(13)9-6-4-3-5-7-9;11-8(10(14)15)5-9(13)6-2-1-3-7(12)4-6/h3-8H,1-2H3,(H,12,13);1-4,8-9,12-13H,5,11H2,(H,14,15)/t8-;/m0./s1. The fraction of sp³-hybridized carbons (Fsp3) is 0.286. The summed E-state index contributed by atoms with van der Waals surface area (Å²) in [5.41, 5.74) is 6.21. The summed E-state index contributed by atoms with van der Waals surface area (Å²) in [6, 6.07) is 12.7. The van der Waals surface area contributed by atoms with Crippen molar-refractivity contribution < 1.29 is 39.5 Å². The van der Waals surface area contributed by atoms with E-state index in [2.05, 4.69) is 15.1 Å². The number of amides is 1. The van der Waals surface area contributed by atoms with E-state index in [0.29, 0.717) is 11.1 Å². The van der Waals surface area contributed by atoms with Crippen LogP contribution in [-0.2, 0) is 19.4 Å². The quantitative estimate of drug-likeness (QED) is 0.302. The highest BCUT2D eigenvalue weighted by Crippen LogP contribution is 2.21. The van der Waals surface area contributed by atoms with Crippen molar-refractivity contribution in [2.45, 2.75) is 31.5 Å². The molecule has 1 amide bonds. The molecule has 31 heavy (non-hydrogen) atoms. The predicted octanol–water partition coefficient (Wildman–Crippen LogP) is 1.14. The molecule has 3 atom stereocenters. The zero-order valence-electron chi connectivity index (χ0n) is 17.1. The second kappa shape index (κ2) is 13.0. The van der Waals surface area contributed by atoms with Crippen LogP contribution >= 0.6 is 0 Å². The van der Waals surface area contributed by atoms with Crippen molar-refractivity contribution in [3.8, 4) is 5.75 Å². The third-order valence-corrected chi connectivity index (χ3v) is 3.95. The summed E-state index contributed by atoms with van der Waals surface area (Å²) in [5, 5.41) is 29.8. The SMILES string of the molecule is COOC(=O)[C@H](C)NC(=O)c1ccccc1.NC(CC(O)c1cccc(O)c1)C(=O)O. The molecule has 0 saturated heterocycles. The van der Waals surface area contributed by atoms with Crippen molar-refractivity contribution in [1.29, 1.82) is 0 Å². The average Bonchev–Trinajstić information content (AvgIpc) is 2.74. The fourth-order valence-corrected chi connectivity index (χ4v) is 2.29. The van der Waals surface area contributed by atoms with Gasteiger partial charge in [-0.25, -0.2) is 4.79 Å². The Balaban J connectivity index is 0.000000311. The van der Waals surface area contributed by atoms with E-state index in [0.717, 1.165) is 0 Å². The number of hydrogen-bond donors (Lipinski definition) is 5. The number of aromatic hydroxyl groups is 1. The third kappa shape index (κ3) is 9.26. The van der Waals surface area contributed by atoms with Gasteiger partial charge in [0.2, 0.25) is 0 Å². The van der Waals surface area contributed by atoms with Gasteiger partial charge in [-0.05, 0) is 36.8 Å². The normalized spacial score (nSPS) is 13.0. The molecule has 0 aromatic heterocycles. The lowest BCUT2D eigenvalue weighted by atomic mass is 10.0. The monoisotopic (exact) mass is 434 g/mol. The topological polar surface area (TPSA) is 168 Å². The molecule has 0 bridgehead atoms. The molecule has 10 nitrogen and oxygen atoms in total. The number of carbonyl (C=O) groups excluding carboxylic acids is 2. The van der Waals surface area contributed by atoms with Gasteiger partial charge in [0.25, 0.3) is 5.91 Å². The molecule has 0 fully saturated rings. The van der Waals surface area contributed by atoms with Crippen LogP contribution in [-0.4, -0.2) is 52.4 Å². The lowest BCUT2D eigenvalue weighted by Gasteiger charge is -2.13. The van der Waals surface area contributed by atoms with E-state index in [1.165, 1.54) is 26.2 Å². The molecular formula is C21H26N2O8. The van der Waals surface area contributed by atoms with Crippen molar-refractivity contribution in [2.75, 3.05) is 7.11 Å². The van der Waals surface area contributed by atoms with Gasteiger partial charge in [0, 0.05) is 12.0 Å². The number of nitrogens with two attached hydrogens (primary N) is 1. The van der Waals surface area contributed by atoms with E-state index in [-0.39, 0.29) is 18.1 Å². The molecule has 2 aromatic rings. The number of aliphatic carboxylic acids is 1. The van der Waals surface area contributed by atoms with Gasteiger partial charge in [0.15, 0.2) is 0 Å². The molecular weight excluding hydrogens is 408 g/mol. The lowest BCUT2D eigenvalue weighted by molar-refractivity contribution is -0.256. The Morgan fingerprint density at radius 2 is 1.74 bits per heavy atom. The Labute approximate surface area is 179 Å². The van der Waals surface area contributed by atoms with E-state index in [1.807, 2.05) is 0 Å². The highest BCUT2D eigenvalue weighted by Gasteiger charge is 2.19. The summed E-state index contributed by atoms with van der Waals surface area (Å²) < 4.78 is 0. The van der Waals surface area contributed by atoms with Crippen LogP contribution in [0.4, 0.5) is 0 Å². The zero-order chi connectivity index (χ0) is 23.4. The number of carboxylic acids is 1. The third-order valence-electron chi connectivity index (χ3n) is 3.95. The largest absolute Gasteiger partial charge is 0.508 e. The first kappa shape index (κ1) is 25.6. The van der Waals surface area contributed by atoms with Crippen LogP contribution in [0.2, 0.25) is 0 Å². The summed E-state index contributed by atoms with van der Waals surface area (Å²) >= 11 is 0. The van der Waals surface area contributed by atoms with Crippen molar-refractivity contribution in [1.82, 2.24) is 5.32 Å². The van der Waals surface area contributed by atoms with Crippen LogP contribution in [0.3, 0.4) is 0 Å². The summed E-state index contributed by atoms with van der Waals surface area (Å²) in [5.74, 6) is -2.11. The van der Waals surface area contributed by atoms with E-state index >= 15 is 0 Å². The molecule has 10 heteroatoms. The number of carboxylic acid groups (broad SMARTS) is 1. The minimum absolute atomic E-state index is 0.0236. The number of hydrogen-bond acceptors (Lipinski definition) is 8. The minimum Gasteiger partial charge on any atom is -0.508 e.